The van der Waals surface area contributed by atoms with Gasteiger partial charge in [-0.05, 0) is 0 Å². The quantitative estimate of drug-likeness (QED) is 0.420. The fourth-order valence-electron chi connectivity index (χ4n) is 0. The third-order valence-corrected chi connectivity index (χ3v) is 0. The summed E-state index contributed by atoms with van der Waals surface area (Å²) in [6, 6.07) is 0. The van der Waals surface area contributed by atoms with Crippen LogP contribution in [0, 0.1) is 0 Å². The van der Waals surface area contributed by atoms with Crippen LogP contribution in [0.25, 0.3) is 0 Å². The predicted octanol–water partition coefficient (Wildman–Crippen LogP) is -0.0657. The van der Waals surface area contributed by atoms with Crippen molar-refractivity contribution in [1.29, 1.82) is 0 Å². The van der Waals surface area contributed by atoms with E-state index in [1.165, 1.54) is 0 Å². The van der Waals surface area contributed by atoms with Crippen LogP contribution in [0.2, 0.25) is 0 Å². The molecule has 0 heterocycles. The van der Waals surface area contributed by atoms with Crippen LogP contribution in [0.15, 0.2) is 0 Å². The zero-order chi connectivity index (χ0) is 3.58. The van der Waals surface area contributed by atoms with Crippen molar-refractivity contribution in [3.63, 3.8) is 0 Å². The van der Waals surface area contributed by atoms with E-state index in [0.29, 0.717) is 0 Å². The van der Waals surface area contributed by atoms with E-state index in [4.69, 9.17) is 0 Å². The Kier molecular flexibility index (Phi) is 1.88. The van der Waals surface area contributed by atoms with E-state index in [-0.39, 0.29) is 0 Å². The second kappa shape index (κ2) is 1.70. The first-order valence-corrected chi connectivity index (χ1v) is 2.85. The second-order valence-electron chi connectivity index (χ2n) is 0.276. The Balaban J connectivity index is 3.85. The van der Waals surface area contributed by atoms with Gasteiger partial charge in [0.1, 0.15) is 0 Å². The molecule has 24 valence electrons. The summed E-state index contributed by atoms with van der Waals surface area (Å²) < 4.78 is 9.20. The molecule has 4 heteroatoms. The summed E-state index contributed by atoms with van der Waals surface area (Å²) in [5.41, 5.74) is 0. The molecule has 0 aliphatic rings. The zero-order valence-electron chi connectivity index (χ0n) is 1.84. The fourth-order valence-corrected chi connectivity index (χ4v) is 0. The molecule has 0 aliphatic heterocycles. The molecule has 0 aliphatic carbocycles. The molecule has 0 aromatic heterocycles. The average Bonchev–Trinajstić information content (AvgIpc) is 0.811. The molecule has 0 atom stereocenters. The molecule has 0 saturated heterocycles. The molecule has 2 nitrogen and oxygen atoms in total. The van der Waals surface area contributed by atoms with E-state index >= 15 is 0 Å². The molecule has 0 bridgehead atoms. The average molecular weight is 95.1 g/mol. The molecule has 0 saturated carbocycles. The first kappa shape index (κ1) is 4.41. The summed E-state index contributed by atoms with van der Waals surface area (Å²) in [6.07, 6.45) is 0. The van der Waals surface area contributed by atoms with Gasteiger partial charge in [0.15, 0.2) is 0 Å². The molecular weight excluding hydrogens is 93.0 g/mol. The Labute approximate surface area is 28.0 Å². The molecule has 4 heavy (non-hydrogen) atoms. The molecule has 0 amide bonds. The SMILES string of the molecule is NS(=O)#P. The van der Waals surface area contributed by atoms with Crippen molar-refractivity contribution in [3.8, 4) is 0 Å². The van der Waals surface area contributed by atoms with Gasteiger partial charge in [-0.1, -0.05) is 0 Å². The van der Waals surface area contributed by atoms with Gasteiger partial charge >= 0.3 is 27.1 Å². The first-order chi connectivity index (χ1) is 1.73. The van der Waals surface area contributed by atoms with Crippen LogP contribution in [0.1, 0.15) is 0 Å². The molecule has 0 aromatic carbocycles. The van der Waals surface area contributed by atoms with Crippen LogP contribution in [-0.2, 0) is 9.96 Å². The molecule has 0 rings (SSSR count). The maximum absolute atomic E-state index is 9.20. The molecule has 0 spiro atoms. The van der Waals surface area contributed by atoms with Gasteiger partial charge in [-0.25, -0.2) is 0 Å². The van der Waals surface area contributed by atoms with Crippen LogP contribution in [-0.4, -0.2) is 4.21 Å². The first-order valence-electron chi connectivity index (χ1n) is 0.585. The molecule has 0 radical (unpaired) electrons. The molecule has 0 unspecified atom stereocenters. The van der Waals surface area contributed by atoms with Crippen molar-refractivity contribution in [2.24, 2.45) is 5.14 Å². The van der Waals surface area contributed by atoms with Crippen LogP contribution < -0.4 is 5.14 Å². The Morgan fingerprint density at radius 1 is 2.00 bits per heavy atom. The van der Waals surface area contributed by atoms with Gasteiger partial charge in [0.2, 0.25) is 0 Å². The second-order valence-corrected chi connectivity index (χ2v) is 1.91. The molecular formula is H2NOPS. The van der Waals surface area contributed by atoms with Gasteiger partial charge in [0.25, 0.3) is 0 Å². The van der Waals surface area contributed by atoms with Crippen molar-refractivity contribution in [2.45, 2.75) is 0 Å². The van der Waals surface area contributed by atoms with Crippen LogP contribution in [0.4, 0.5) is 0 Å². The van der Waals surface area contributed by atoms with Gasteiger partial charge in [0.05, 0.1) is 0 Å². The Morgan fingerprint density at radius 3 is 2.00 bits per heavy atom. The van der Waals surface area contributed by atoms with Gasteiger partial charge < -0.3 is 0 Å². The molecule has 2 N–H and O–H groups in total. The summed E-state index contributed by atoms with van der Waals surface area (Å²) in [5.74, 6) is 0. The maximum atomic E-state index is 9.20. The zero-order valence-corrected chi connectivity index (χ0v) is 3.55. The number of nitrogens with two attached hydrogens (primary N) is 1. The number of hydrogen-bond donors (Lipinski definition) is 1. The van der Waals surface area contributed by atoms with Crippen molar-refractivity contribution >= 4 is 17.8 Å². The predicted molar refractivity (Wildman–Crippen MR) is 19.2 cm³/mol. The third kappa shape index (κ3) is 28.5. The Morgan fingerprint density at radius 2 is 2.00 bits per heavy atom. The van der Waals surface area contributed by atoms with Gasteiger partial charge in [-0.3, -0.25) is 0 Å². The summed E-state index contributed by atoms with van der Waals surface area (Å²) in [6.45, 7) is 0. The van der Waals surface area contributed by atoms with E-state index in [1.54, 1.807) is 0 Å². The standard InChI is InChI=1S/H2NOPS/c1-4(2)3/h(H2,1,2). The summed E-state index contributed by atoms with van der Waals surface area (Å²) >= 11 is 0. The molecule has 0 fully saturated rings. The molecule has 0 aromatic rings. The van der Waals surface area contributed by atoms with E-state index in [1.807, 2.05) is 0 Å². The van der Waals surface area contributed by atoms with E-state index < -0.39 is 9.96 Å². The number of hydrogen-bond acceptors (Lipinski definition) is 1. The van der Waals surface area contributed by atoms with Gasteiger partial charge in [-0.15, -0.1) is 0 Å². The monoisotopic (exact) mass is 95.0 g/mol. The Bertz CT molecular complexity index is 98.2. The minimum absolute atomic E-state index is 1.42. The van der Waals surface area contributed by atoms with Crippen molar-refractivity contribution in [3.05, 3.63) is 0 Å². The van der Waals surface area contributed by atoms with E-state index in [0.717, 1.165) is 0 Å². The summed E-state index contributed by atoms with van der Waals surface area (Å²) in [5, 5.41) is 4.45. The normalized spacial score (nSPS) is 6.00. The van der Waals surface area contributed by atoms with Crippen molar-refractivity contribution in [2.75, 3.05) is 0 Å². The number of rotatable bonds is 0. The van der Waals surface area contributed by atoms with Crippen LogP contribution in [0.5, 0.6) is 0 Å². The summed E-state index contributed by atoms with van der Waals surface area (Å²) in [4.78, 5) is 0. The van der Waals surface area contributed by atoms with Gasteiger partial charge in [-0.2, -0.15) is 0 Å². The van der Waals surface area contributed by atoms with E-state index in [2.05, 4.69) is 13.0 Å². The van der Waals surface area contributed by atoms with Crippen LogP contribution >= 0.6 is 7.81 Å². The Hall–Kier alpha value is 0.410. The van der Waals surface area contributed by atoms with Crippen molar-refractivity contribution < 1.29 is 4.21 Å². The topological polar surface area (TPSA) is 43.1 Å². The third-order valence-electron chi connectivity index (χ3n) is 0. The fraction of sp³-hybridized carbons (Fsp3) is 0. The summed E-state index contributed by atoms with van der Waals surface area (Å²) in [7, 11) is 1.80. The van der Waals surface area contributed by atoms with Crippen LogP contribution in [0.3, 0.4) is 0 Å². The van der Waals surface area contributed by atoms with Gasteiger partial charge in [0, 0.05) is 0 Å². The van der Waals surface area contributed by atoms with E-state index in [9.17, 15) is 4.21 Å². The minimum atomic E-state index is -1.42. The van der Waals surface area contributed by atoms with Crippen molar-refractivity contribution in [1.82, 2.24) is 0 Å².